The van der Waals surface area contributed by atoms with Gasteiger partial charge in [-0.25, -0.2) is 0 Å². The minimum absolute atomic E-state index is 0.00486. The summed E-state index contributed by atoms with van der Waals surface area (Å²) in [6, 6.07) is 13.4. The molecule has 0 aromatic heterocycles. The molecule has 3 unspecified atom stereocenters. The van der Waals surface area contributed by atoms with E-state index in [1.165, 1.54) is 12.1 Å². The maximum absolute atomic E-state index is 12.7. The third-order valence-electron chi connectivity index (χ3n) is 3.79. The zero-order valence-corrected chi connectivity index (χ0v) is 12.0. The van der Waals surface area contributed by atoms with Crippen molar-refractivity contribution in [1.29, 1.82) is 0 Å². The Balaban J connectivity index is 1.85. The second-order valence-corrected chi connectivity index (χ2v) is 6.69. The van der Waals surface area contributed by atoms with Gasteiger partial charge < -0.3 is 5.73 Å². The highest BCUT2D eigenvalue weighted by Gasteiger charge is 2.34. The monoisotopic (exact) mass is 302 g/mol. The molecule has 0 amide bonds. The molecule has 0 saturated carbocycles. The van der Waals surface area contributed by atoms with E-state index in [1.807, 2.05) is 24.3 Å². The Labute approximate surface area is 124 Å². The first-order valence-electron chi connectivity index (χ1n) is 6.56. The molecule has 3 atom stereocenters. The minimum Gasteiger partial charge on any atom is -0.323 e. The topological polar surface area (TPSA) is 86.2 Å². The number of hydrogen-bond acceptors (Lipinski definition) is 4. The fourth-order valence-corrected chi connectivity index (χ4v) is 4.17. The van der Waals surface area contributed by atoms with Gasteiger partial charge in [-0.2, -0.15) is 0 Å². The zero-order valence-electron chi connectivity index (χ0n) is 11.1. The molecule has 3 rings (SSSR count). The smallest absolute Gasteiger partial charge is 0.269 e. The van der Waals surface area contributed by atoms with Gasteiger partial charge in [-0.05, 0) is 29.7 Å². The summed E-state index contributed by atoms with van der Waals surface area (Å²) in [4.78, 5) is 10.8. The molecule has 0 saturated heterocycles. The maximum Gasteiger partial charge on any atom is 0.269 e. The average molecular weight is 302 g/mol. The van der Waals surface area contributed by atoms with Crippen LogP contribution in [0.2, 0.25) is 0 Å². The summed E-state index contributed by atoms with van der Waals surface area (Å²) in [6.45, 7) is 0. The molecule has 0 radical (unpaired) electrons. The number of rotatable bonds is 3. The Morgan fingerprint density at radius 3 is 2.43 bits per heavy atom. The van der Waals surface area contributed by atoms with Crippen molar-refractivity contribution in [2.75, 3.05) is 0 Å². The molecule has 108 valence electrons. The summed E-state index contributed by atoms with van der Waals surface area (Å²) in [5, 5.41) is 10.5. The van der Waals surface area contributed by atoms with E-state index in [-0.39, 0.29) is 17.0 Å². The predicted molar refractivity (Wildman–Crippen MR) is 80.4 cm³/mol. The van der Waals surface area contributed by atoms with E-state index >= 15 is 0 Å². The molecule has 0 fully saturated rings. The molecule has 1 aliphatic rings. The van der Waals surface area contributed by atoms with Crippen LogP contribution in [0.1, 0.15) is 17.2 Å². The Bertz CT molecular complexity index is 715. The number of non-ortho nitro benzene ring substituents is 1. The van der Waals surface area contributed by atoms with Gasteiger partial charge in [0, 0.05) is 23.1 Å². The molecule has 6 heteroatoms. The summed E-state index contributed by atoms with van der Waals surface area (Å²) in [6.07, 6.45) is 0.668. The first kappa shape index (κ1) is 13.9. The summed E-state index contributed by atoms with van der Waals surface area (Å²) in [7, 11) is -1.28. The van der Waals surface area contributed by atoms with E-state index < -0.39 is 15.7 Å². The van der Waals surface area contributed by atoms with Crippen molar-refractivity contribution in [3.8, 4) is 0 Å². The Morgan fingerprint density at radius 2 is 1.81 bits per heavy atom. The molecule has 2 aromatic rings. The summed E-state index contributed by atoms with van der Waals surface area (Å²) in [5.41, 5.74) is 8.37. The quantitative estimate of drug-likeness (QED) is 0.696. The number of nitrogens with two attached hydrogens (primary N) is 1. The maximum atomic E-state index is 12.7. The SMILES string of the molecule is NC1c2ccccc2CC1S(=O)c1ccc([N+](=O)[O-])cc1. The van der Waals surface area contributed by atoms with Gasteiger partial charge in [-0.15, -0.1) is 0 Å². The first-order chi connectivity index (χ1) is 10.1. The molecule has 0 bridgehead atoms. The van der Waals surface area contributed by atoms with Crippen molar-refractivity contribution in [2.24, 2.45) is 5.73 Å². The standard InChI is InChI=1S/C15H14N2O3S/c16-15-13-4-2-1-3-10(13)9-14(15)21(20)12-7-5-11(6-8-12)17(18)19/h1-8,14-15H,9,16H2. The van der Waals surface area contributed by atoms with E-state index in [0.717, 1.165) is 11.1 Å². The van der Waals surface area contributed by atoms with E-state index in [2.05, 4.69) is 0 Å². The van der Waals surface area contributed by atoms with Crippen molar-refractivity contribution in [2.45, 2.75) is 22.6 Å². The molecule has 0 aliphatic heterocycles. The highest BCUT2D eigenvalue weighted by Crippen LogP contribution is 2.34. The van der Waals surface area contributed by atoms with Crippen LogP contribution >= 0.6 is 0 Å². The Kier molecular flexibility index (Phi) is 3.57. The van der Waals surface area contributed by atoms with Crippen LogP contribution in [0.4, 0.5) is 5.69 Å². The summed E-state index contributed by atoms with van der Waals surface area (Å²) in [5.74, 6) is 0. The second kappa shape index (κ2) is 5.38. The number of benzene rings is 2. The van der Waals surface area contributed by atoms with Crippen LogP contribution < -0.4 is 5.73 Å². The van der Waals surface area contributed by atoms with E-state index in [1.54, 1.807) is 12.1 Å². The molecule has 1 aliphatic carbocycles. The number of nitro benzene ring substituents is 1. The van der Waals surface area contributed by atoms with Gasteiger partial charge in [-0.3, -0.25) is 14.3 Å². The van der Waals surface area contributed by atoms with Crippen LogP contribution in [0.25, 0.3) is 0 Å². The van der Waals surface area contributed by atoms with Gasteiger partial charge in [0.25, 0.3) is 5.69 Å². The number of hydrogen-bond donors (Lipinski definition) is 1. The van der Waals surface area contributed by atoms with Gasteiger partial charge in [0.15, 0.2) is 0 Å². The van der Waals surface area contributed by atoms with Crippen molar-refractivity contribution in [1.82, 2.24) is 0 Å². The largest absolute Gasteiger partial charge is 0.323 e. The van der Waals surface area contributed by atoms with Gasteiger partial charge in [0.05, 0.1) is 21.0 Å². The summed E-state index contributed by atoms with van der Waals surface area (Å²) >= 11 is 0. The average Bonchev–Trinajstić information content (AvgIpc) is 2.84. The van der Waals surface area contributed by atoms with Crippen LogP contribution in [0, 0.1) is 10.1 Å². The number of fused-ring (bicyclic) bond motifs is 1. The molecule has 0 spiro atoms. The van der Waals surface area contributed by atoms with Gasteiger partial charge in [0.2, 0.25) is 0 Å². The van der Waals surface area contributed by atoms with E-state index in [4.69, 9.17) is 5.73 Å². The van der Waals surface area contributed by atoms with Crippen LogP contribution in [-0.4, -0.2) is 14.4 Å². The van der Waals surface area contributed by atoms with Gasteiger partial charge in [0.1, 0.15) is 0 Å². The fourth-order valence-electron chi connectivity index (χ4n) is 2.67. The minimum atomic E-state index is -1.28. The highest BCUT2D eigenvalue weighted by atomic mass is 32.2. The van der Waals surface area contributed by atoms with Crippen LogP contribution in [0.3, 0.4) is 0 Å². The lowest BCUT2D eigenvalue weighted by molar-refractivity contribution is -0.384. The first-order valence-corrected chi connectivity index (χ1v) is 7.77. The van der Waals surface area contributed by atoms with Crippen LogP contribution in [-0.2, 0) is 17.2 Å². The van der Waals surface area contributed by atoms with Crippen molar-refractivity contribution >= 4 is 16.5 Å². The highest BCUT2D eigenvalue weighted by molar-refractivity contribution is 7.85. The van der Waals surface area contributed by atoms with Gasteiger partial charge >= 0.3 is 0 Å². The number of nitrogens with zero attached hydrogens (tertiary/aromatic N) is 1. The second-order valence-electron chi connectivity index (χ2n) is 5.02. The third kappa shape index (κ3) is 2.48. The molecule has 21 heavy (non-hydrogen) atoms. The van der Waals surface area contributed by atoms with Crippen molar-refractivity contribution < 1.29 is 9.13 Å². The molecular weight excluding hydrogens is 288 g/mol. The molecule has 2 aromatic carbocycles. The molecule has 5 nitrogen and oxygen atoms in total. The summed E-state index contributed by atoms with van der Waals surface area (Å²) < 4.78 is 12.7. The van der Waals surface area contributed by atoms with E-state index in [0.29, 0.717) is 11.3 Å². The number of nitro groups is 1. The fraction of sp³-hybridized carbons (Fsp3) is 0.200. The lowest BCUT2D eigenvalue weighted by Gasteiger charge is -2.15. The predicted octanol–water partition coefficient (Wildman–Crippen LogP) is 2.33. The molecule has 0 heterocycles. The Hall–Kier alpha value is -2.05. The normalized spacial score (nSPS) is 21.8. The van der Waals surface area contributed by atoms with E-state index in [9.17, 15) is 14.3 Å². The van der Waals surface area contributed by atoms with Gasteiger partial charge in [-0.1, -0.05) is 24.3 Å². The Morgan fingerprint density at radius 1 is 1.14 bits per heavy atom. The lowest BCUT2D eigenvalue weighted by Crippen LogP contribution is -2.26. The lowest BCUT2D eigenvalue weighted by atomic mass is 10.1. The van der Waals surface area contributed by atoms with Crippen molar-refractivity contribution in [3.63, 3.8) is 0 Å². The third-order valence-corrected chi connectivity index (χ3v) is 5.54. The van der Waals surface area contributed by atoms with Crippen LogP contribution in [0.5, 0.6) is 0 Å². The van der Waals surface area contributed by atoms with Crippen LogP contribution in [0.15, 0.2) is 53.4 Å². The molecular formula is C15H14N2O3S. The zero-order chi connectivity index (χ0) is 15.0. The van der Waals surface area contributed by atoms with Crippen molar-refractivity contribution in [3.05, 3.63) is 69.8 Å². The molecule has 2 N–H and O–H groups in total.